The Morgan fingerprint density at radius 3 is 3.00 bits per heavy atom. The minimum atomic E-state index is -0.352. The highest BCUT2D eigenvalue weighted by Crippen LogP contribution is 2.09. The zero-order chi connectivity index (χ0) is 13.0. The van der Waals surface area contributed by atoms with E-state index in [0.29, 0.717) is 39.4 Å². The molecule has 2 aliphatic heterocycles. The molecule has 0 bridgehead atoms. The summed E-state index contributed by atoms with van der Waals surface area (Å²) in [4.78, 5) is 26.8. The number of hydrogen-bond donors (Lipinski definition) is 1. The fraction of sp³-hybridized carbons (Fsp3) is 0.818. The van der Waals surface area contributed by atoms with Crippen LogP contribution in [0.2, 0.25) is 0 Å². The number of carbonyl (C=O) groups excluding carboxylic acids is 2. The number of urea groups is 1. The monoisotopic (exact) mass is 257 g/mol. The Kier molecular flexibility index (Phi) is 4.38. The quantitative estimate of drug-likeness (QED) is 0.646. The van der Waals surface area contributed by atoms with E-state index in [1.165, 1.54) is 7.11 Å². The van der Waals surface area contributed by atoms with Gasteiger partial charge in [0.15, 0.2) is 0 Å². The SMILES string of the molecule is COC(=O)C1COCCN1CCN1CCNC1=O. The summed E-state index contributed by atoms with van der Waals surface area (Å²) >= 11 is 0. The van der Waals surface area contributed by atoms with Crippen molar-refractivity contribution in [3.63, 3.8) is 0 Å². The Morgan fingerprint density at radius 1 is 1.50 bits per heavy atom. The number of hydrogen-bond acceptors (Lipinski definition) is 5. The van der Waals surface area contributed by atoms with Crippen molar-refractivity contribution in [2.24, 2.45) is 0 Å². The van der Waals surface area contributed by atoms with Gasteiger partial charge in [-0.25, -0.2) is 4.79 Å². The van der Waals surface area contributed by atoms with Crippen molar-refractivity contribution in [1.29, 1.82) is 0 Å². The molecular formula is C11H19N3O4. The molecule has 1 atom stereocenters. The van der Waals surface area contributed by atoms with E-state index in [2.05, 4.69) is 5.32 Å². The molecule has 2 fully saturated rings. The number of carbonyl (C=O) groups is 2. The zero-order valence-corrected chi connectivity index (χ0v) is 10.6. The van der Waals surface area contributed by atoms with Gasteiger partial charge in [-0.05, 0) is 0 Å². The number of methoxy groups -OCH3 is 1. The van der Waals surface area contributed by atoms with Crippen LogP contribution in [0.25, 0.3) is 0 Å². The fourth-order valence-corrected chi connectivity index (χ4v) is 2.23. The summed E-state index contributed by atoms with van der Waals surface area (Å²) in [6.45, 7) is 4.37. The minimum Gasteiger partial charge on any atom is -0.468 e. The van der Waals surface area contributed by atoms with Crippen LogP contribution in [0.15, 0.2) is 0 Å². The molecule has 2 heterocycles. The van der Waals surface area contributed by atoms with Gasteiger partial charge >= 0.3 is 12.0 Å². The predicted molar refractivity (Wildman–Crippen MR) is 63.2 cm³/mol. The third-order valence-corrected chi connectivity index (χ3v) is 3.31. The molecule has 2 rings (SSSR count). The van der Waals surface area contributed by atoms with E-state index < -0.39 is 0 Å². The van der Waals surface area contributed by atoms with E-state index >= 15 is 0 Å². The van der Waals surface area contributed by atoms with Gasteiger partial charge in [0.2, 0.25) is 0 Å². The van der Waals surface area contributed by atoms with Gasteiger partial charge in [0.1, 0.15) is 6.04 Å². The van der Waals surface area contributed by atoms with Crippen molar-refractivity contribution < 1.29 is 19.1 Å². The first-order chi connectivity index (χ1) is 8.72. The molecule has 0 aromatic carbocycles. The molecule has 2 amide bonds. The van der Waals surface area contributed by atoms with Crippen LogP contribution < -0.4 is 5.32 Å². The van der Waals surface area contributed by atoms with E-state index in [0.717, 1.165) is 6.54 Å². The molecule has 18 heavy (non-hydrogen) atoms. The topological polar surface area (TPSA) is 71.1 Å². The first-order valence-corrected chi connectivity index (χ1v) is 6.15. The summed E-state index contributed by atoms with van der Waals surface area (Å²) in [6.07, 6.45) is 0. The van der Waals surface area contributed by atoms with Gasteiger partial charge in [-0.1, -0.05) is 0 Å². The number of morpholine rings is 1. The summed E-state index contributed by atoms with van der Waals surface area (Å²) < 4.78 is 10.1. The molecule has 2 aliphatic rings. The lowest BCUT2D eigenvalue weighted by molar-refractivity contribution is -0.153. The maximum Gasteiger partial charge on any atom is 0.325 e. The molecule has 0 aromatic heterocycles. The van der Waals surface area contributed by atoms with Crippen molar-refractivity contribution >= 4 is 12.0 Å². The van der Waals surface area contributed by atoms with Gasteiger partial charge < -0.3 is 19.7 Å². The van der Waals surface area contributed by atoms with Crippen molar-refractivity contribution in [3.8, 4) is 0 Å². The second-order valence-electron chi connectivity index (χ2n) is 4.37. The summed E-state index contributed by atoms with van der Waals surface area (Å²) in [6, 6.07) is -0.382. The second kappa shape index (κ2) is 6.01. The second-order valence-corrected chi connectivity index (χ2v) is 4.37. The van der Waals surface area contributed by atoms with E-state index in [1.807, 2.05) is 4.90 Å². The highest BCUT2D eigenvalue weighted by molar-refractivity contribution is 5.76. The maximum atomic E-state index is 11.6. The van der Waals surface area contributed by atoms with E-state index in [4.69, 9.17) is 9.47 Å². The van der Waals surface area contributed by atoms with Crippen LogP contribution >= 0.6 is 0 Å². The summed E-state index contributed by atoms with van der Waals surface area (Å²) in [5, 5.41) is 2.75. The van der Waals surface area contributed by atoms with Crippen molar-refractivity contribution in [3.05, 3.63) is 0 Å². The van der Waals surface area contributed by atoms with Crippen LogP contribution in [0.1, 0.15) is 0 Å². The number of esters is 1. The van der Waals surface area contributed by atoms with Crippen molar-refractivity contribution in [2.75, 3.05) is 53.0 Å². The standard InChI is InChI=1S/C11H19N3O4/c1-17-10(15)9-8-18-7-6-13(9)4-5-14-3-2-12-11(14)16/h9H,2-8H2,1H3,(H,12,16). The van der Waals surface area contributed by atoms with Crippen LogP contribution in [-0.2, 0) is 14.3 Å². The predicted octanol–water partition coefficient (Wildman–Crippen LogP) is -1.11. The molecule has 7 heteroatoms. The lowest BCUT2D eigenvalue weighted by atomic mass is 10.2. The smallest absolute Gasteiger partial charge is 0.325 e. The number of nitrogens with one attached hydrogen (secondary N) is 1. The Labute approximate surface area is 106 Å². The molecular weight excluding hydrogens is 238 g/mol. The third kappa shape index (κ3) is 2.91. The molecule has 0 saturated carbocycles. The van der Waals surface area contributed by atoms with Crippen LogP contribution in [0.4, 0.5) is 4.79 Å². The van der Waals surface area contributed by atoms with Gasteiger partial charge in [0, 0.05) is 32.7 Å². The summed E-state index contributed by atoms with van der Waals surface area (Å²) in [5.74, 6) is -0.277. The Hall–Kier alpha value is -1.34. The zero-order valence-electron chi connectivity index (χ0n) is 10.6. The highest BCUT2D eigenvalue weighted by Gasteiger charge is 2.31. The van der Waals surface area contributed by atoms with E-state index in [9.17, 15) is 9.59 Å². The molecule has 0 spiro atoms. The molecule has 0 aliphatic carbocycles. The fourth-order valence-electron chi connectivity index (χ4n) is 2.23. The van der Waals surface area contributed by atoms with Crippen LogP contribution in [0.5, 0.6) is 0 Å². The molecule has 7 nitrogen and oxygen atoms in total. The Balaban J connectivity index is 1.85. The molecule has 1 unspecified atom stereocenters. The number of nitrogens with zero attached hydrogens (tertiary/aromatic N) is 2. The van der Waals surface area contributed by atoms with Crippen molar-refractivity contribution in [1.82, 2.24) is 15.1 Å². The lowest BCUT2D eigenvalue weighted by Crippen LogP contribution is -2.52. The van der Waals surface area contributed by atoms with Crippen LogP contribution in [0.3, 0.4) is 0 Å². The van der Waals surface area contributed by atoms with E-state index in [1.54, 1.807) is 4.90 Å². The lowest BCUT2D eigenvalue weighted by Gasteiger charge is -2.34. The van der Waals surface area contributed by atoms with Crippen LogP contribution in [0, 0.1) is 0 Å². The van der Waals surface area contributed by atoms with Crippen LogP contribution in [-0.4, -0.2) is 80.9 Å². The number of amides is 2. The normalized spacial score (nSPS) is 25.1. The number of ether oxygens (including phenoxy) is 2. The highest BCUT2D eigenvalue weighted by atomic mass is 16.5. The molecule has 0 aromatic rings. The van der Waals surface area contributed by atoms with Gasteiger partial charge in [0.05, 0.1) is 20.3 Å². The van der Waals surface area contributed by atoms with Gasteiger partial charge in [0.25, 0.3) is 0 Å². The molecule has 0 radical (unpaired) electrons. The van der Waals surface area contributed by atoms with Gasteiger partial charge in [-0.3, -0.25) is 9.69 Å². The molecule has 1 N–H and O–H groups in total. The first kappa shape index (κ1) is 13.1. The van der Waals surface area contributed by atoms with Gasteiger partial charge in [-0.2, -0.15) is 0 Å². The molecule has 2 saturated heterocycles. The largest absolute Gasteiger partial charge is 0.468 e. The Morgan fingerprint density at radius 2 is 2.33 bits per heavy atom. The molecule has 102 valence electrons. The van der Waals surface area contributed by atoms with Crippen molar-refractivity contribution in [2.45, 2.75) is 6.04 Å². The van der Waals surface area contributed by atoms with Gasteiger partial charge in [-0.15, -0.1) is 0 Å². The third-order valence-electron chi connectivity index (χ3n) is 3.31. The summed E-state index contributed by atoms with van der Waals surface area (Å²) in [5.41, 5.74) is 0. The maximum absolute atomic E-state index is 11.6. The minimum absolute atomic E-state index is 0.0297. The summed E-state index contributed by atoms with van der Waals surface area (Å²) in [7, 11) is 1.38. The number of rotatable bonds is 4. The average molecular weight is 257 g/mol. The average Bonchev–Trinajstić information content (AvgIpc) is 2.81. The first-order valence-electron chi connectivity index (χ1n) is 6.15. The van der Waals surface area contributed by atoms with E-state index in [-0.39, 0.29) is 18.0 Å². The Bertz CT molecular complexity index is 323.